The Morgan fingerprint density at radius 1 is 1.38 bits per heavy atom. The van der Waals surface area contributed by atoms with Gasteiger partial charge in [0, 0.05) is 16.1 Å². The van der Waals surface area contributed by atoms with Crippen LogP contribution >= 0.6 is 27.5 Å². The van der Waals surface area contributed by atoms with Gasteiger partial charge in [-0.25, -0.2) is 9.37 Å². The lowest BCUT2D eigenvalue weighted by atomic mass is 10.0. The van der Waals surface area contributed by atoms with Crippen LogP contribution in [-0.4, -0.2) is 16.7 Å². The molecule has 2 heterocycles. The molecule has 0 spiro atoms. The number of ether oxygens (including phenoxy) is 1. The number of fused-ring (bicyclic) bond motifs is 3. The molecular formula is C17H14BrClFN3O. The van der Waals surface area contributed by atoms with E-state index in [-0.39, 0.29) is 17.1 Å². The molecule has 2 aromatic carbocycles. The fourth-order valence-corrected chi connectivity index (χ4v) is 4.35. The average Bonchev–Trinajstić information content (AvgIpc) is 3.09. The molecule has 3 aromatic rings. The van der Waals surface area contributed by atoms with E-state index in [4.69, 9.17) is 22.1 Å². The summed E-state index contributed by atoms with van der Waals surface area (Å²) in [6.45, 7) is 0. The second kappa shape index (κ2) is 5.72. The maximum atomic E-state index is 14.0. The molecule has 7 heteroatoms. The Bertz CT molecular complexity index is 959. The molecule has 2 atom stereocenters. The number of nitrogens with zero attached hydrogens (tertiary/aromatic N) is 2. The largest absolute Gasteiger partial charge is 0.497 e. The summed E-state index contributed by atoms with van der Waals surface area (Å²) < 4.78 is 22.1. The SMILES string of the molecule is COc1ccc2nc3n(c2c1)[C@@H](c1c(Br)ccc(F)c1Cl)C[C@H]3N. The van der Waals surface area contributed by atoms with Crippen LogP contribution in [0.1, 0.15) is 29.9 Å². The van der Waals surface area contributed by atoms with E-state index in [0.717, 1.165) is 27.1 Å². The van der Waals surface area contributed by atoms with E-state index in [1.165, 1.54) is 6.07 Å². The van der Waals surface area contributed by atoms with Gasteiger partial charge in [0.2, 0.25) is 0 Å². The van der Waals surface area contributed by atoms with Gasteiger partial charge < -0.3 is 15.0 Å². The first-order chi connectivity index (χ1) is 11.5. The minimum Gasteiger partial charge on any atom is -0.497 e. The van der Waals surface area contributed by atoms with Gasteiger partial charge in [-0.2, -0.15) is 0 Å². The first-order valence-electron chi connectivity index (χ1n) is 7.46. The molecule has 1 aromatic heterocycles. The van der Waals surface area contributed by atoms with Gasteiger partial charge in [0.15, 0.2) is 0 Å². The summed E-state index contributed by atoms with van der Waals surface area (Å²) >= 11 is 9.76. The van der Waals surface area contributed by atoms with Gasteiger partial charge in [-0.15, -0.1) is 0 Å². The predicted molar refractivity (Wildman–Crippen MR) is 95.1 cm³/mol. The molecule has 2 N–H and O–H groups in total. The maximum Gasteiger partial charge on any atom is 0.142 e. The van der Waals surface area contributed by atoms with Gasteiger partial charge in [0.1, 0.15) is 17.4 Å². The van der Waals surface area contributed by atoms with E-state index in [0.29, 0.717) is 12.0 Å². The summed E-state index contributed by atoms with van der Waals surface area (Å²) in [6, 6.07) is 8.25. The summed E-state index contributed by atoms with van der Waals surface area (Å²) in [7, 11) is 1.62. The number of halogens is 3. The molecule has 0 saturated carbocycles. The van der Waals surface area contributed by atoms with Crippen molar-refractivity contribution in [2.45, 2.75) is 18.5 Å². The zero-order chi connectivity index (χ0) is 17.0. The van der Waals surface area contributed by atoms with Crippen LogP contribution in [-0.2, 0) is 0 Å². The highest BCUT2D eigenvalue weighted by Crippen LogP contribution is 2.45. The Morgan fingerprint density at radius 3 is 2.92 bits per heavy atom. The number of imidazole rings is 1. The highest BCUT2D eigenvalue weighted by molar-refractivity contribution is 9.10. The lowest BCUT2D eigenvalue weighted by Crippen LogP contribution is -2.09. The Morgan fingerprint density at radius 2 is 2.17 bits per heavy atom. The third-order valence-corrected chi connectivity index (χ3v) is 5.53. The molecule has 0 radical (unpaired) electrons. The molecule has 0 fully saturated rings. The standard InChI is InChI=1S/C17H14BrClFN3O/c1-24-8-2-5-12-13(6-8)23-14(7-11(21)17(23)22-12)15-9(18)3-4-10(20)16(15)19/h2-6,11,14H,7,21H2,1H3/t11-,14-/m1/s1. The molecule has 0 saturated heterocycles. The Hall–Kier alpha value is -1.63. The molecule has 1 aliphatic rings. The van der Waals surface area contributed by atoms with E-state index >= 15 is 0 Å². The van der Waals surface area contributed by atoms with Crippen molar-refractivity contribution >= 4 is 38.6 Å². The van der Waals surface area contributed by atoms with Crippen molar-refractivity contribution in [3.8, 4) is 5.75 Å². The summed E-state index contributed by atoms with van der Waals surface area (Å²) in [4.78, 5) is 4.64. The van der Waals surface area contributed by atoms with Crippen molar-refractivity contribution in [2.24, 2.45) is 5.73 Å². The lowest BCUT2D eigenvalue weighted by molar-refractivity contribution is 0.415. The molecule has 0 amide bonds. The first kappa shape index (κ1) is 15.9. The number of rotatable bonds is 2. The van der Waals surface area contributed by atoms with Gasteiger partial charge in [-0.3, -0.25) is 0 Å². The predicted octanol–water partition coefficient (Wildman–Crippen LogP) is 4.59. The first-order valence-corrected chi connectivity index (χ1v) is 8.63. The number of hydrogen-bond acceptors (Lipinski definition) is 3. The third-order valence-electron chi connectivity index (χ3n) is 4.46. The molecular weight excluding hydrogens is 397 g/mol. The zero-order valence-electron chi connectivity index (χ0n) is 12.8. The topological polar surface area (TPSA) is 53.1 Å². The quantitative estimate of drug-likeness (QED) is 0.629. The van der Waals surface area contributed by atoms with Crippen LogP contribution in [0.2, 0.25) is 5.02 Å². The zero-order valence-corrected chi connectivity index (χ0v) is 15.1. The van der Waals surface area contributed by atoms with Crippen molar-refractivity contribution < 1.29 is 9.13 Å². The summed E-state index contributed by atoms with van der Waals surface area (Å²) in [5.74, 6) is 1.06. The molecule has 24 heavy (non-hydrogen) atoms. The number of nitrogens with two attached hydrogens (primary N) is 1. The highest BCUT2D eigenvalue weighted by Gasteiger charge is 2.35. The van der Waals surface area contributed by atoms with Gasteiger partial charge in [0.25, 0.3) is 0 Å². The van der Waals surface area contributed by atoms with Gasteiger partial charge in [-0.05, 0) is 30.7 Å². The minimum absolute atomic E-state index is 0.110. The molecule has 0 aliphatic carbocycles. The smallest absolute Gasteiger partial charge is 0.142 e. The van der Waals surface area contributed by atoms with E-state index in [1.54, 1.807) is 13.2 Å². The van der Waals surface area contributed by atoms with Crippen LogP contribution in [0, 0.1) is 5.82 Å². The van der Waals surface area contributed by atoms with Crippen molar-refractivity contribution in [2.75, 3.05) is 7.11 Å². The van der Waals surface area contributed by atoms with E-state index in [9.17, 15) is 4.39 Å². The number of benzene rings is 2. The number of methoxy groups -OCH3 is 1. The van der Waals surface area contributed by atoms with E-state index in [2.05, 4.69) is 20.9 Å². The molecule has 4 nitrogen and oxygen atoms in total. The van der Waals surface area contributed by atoms with Crippen molar-refractivity contribution in [1.29, 1.82) is 0 Å². The fraction of sp³-hybridized carbons (Fsp3) is 0.235. The van der Waals surface area contributed by atoms with Crippen LogP contribution in [0.5, 0.6) is 5.75 Å². The Balaban J connectivity index is 1.98. The van der Waals surface area contributed by atoms with Gasteiger partial charge in [0.05, 0.1) is 35.2 Å². The molecule has 4 rings (SSSR count). The summed E-state index contributed by atoms with van der Waals surface area (Å²) in [5, 5.41) is 0.110. The molecule has 0 bridgehead atoms. The van der Waals surface area contributed by atoms with Crippen LogP contribution in [0.4, 0.5) is 4.39 Å². The molecule has 124 valence electrons. The van der Waals surface area contributed by atoms with Crippen molar-refractivity contribution in [3.63, 3.8) is 0 Å². The monoisotopic (exact) mass is 409 g/mol. The van der Waals surface area contributed by atoms with Crippen molar-refractivity contribution in [1.82, 2.24) is 9.55 Å². The summed E-state index contributed by atoms with van der Waals surface area (Å²) in [5.41, 5.74) is 8.69. The Labute approximate surface area is 151 Å². The second-order valence-electron chi connectivity index (χ2n) is 5.81. The van der Waals surface area contributed by atoms with Gasteiger partial charge in [-0.1, -0.05) is 27.5 Å². The van der Waals surface area contributed by atoms with E-state index < -0.39 is 5.82 Å². The lowest BCUT2D eigenvalue weighted by Gasteiger charge is -2.18. The highest BCUT2D eigenvalue weighted by atomic mass is 79.9. The minimum atomic E-state index is -0.445. The fourth-order valence-electron chi connectivity index (χ4n) is 3.35. The van der Waals surface area contributed by atoms with Crippen LogP contribution in [0.25, 0.3) is 11.0 Å². The Kier molecular flexibility index (Phi) is 3.78. The molecule has 0 unspecified atom stereocenters. The number of hydrogen-bond donors (Lipinski definition) is 1. The number of aromatic nitrogens is 2. The van der Waals surface area contributed by atoms with Crippen LogP contribution in [0.3, 0.4) is 0 Å². The van der Waals surface area contributed by atoms with Crippen LogP contribution in [0.15, 0.2) is 34.8 Å². The molecule has 1 aliphatic heterocycles. The average molecular weight is 411 g/mol. The third kappa shape index (κ3) is 2.24. The maximum absolute atomic E-state index is 14.0. The second-order valence-corrected chi connectivity index (χ2v) is 7.04. The normalized spacial score (nSPS) is 19.7. The van der Waals surface area contributed by atoms with Gasteiger partial charge >= 0.3 is 0 Å². The van der Waals surface area contributed by atoms with E-state index in [1.807, 2.05) is 22.8 Å². The van der Waals surface area contributed by atoms with Crippen molar-refractivity contribution in [3.05, 3.63) is 57.0 Å². The van der Waals surface area contributed by atoms with Crippen LogP contribution < -0.4 is 10.5 Å². The summed E-state index contributed by atoms with van der Waals surface area (Å²) in [6.07, 6.45) is 0.608.